The Morgan fingerprint density at radius 1 is 1.25 bits per heavy atom. The third-order valence-corrected chi connectivity index (χ3v) is 3.43. The van der Waals surface area contributed by atoms with Crippen molar-refractivity contribution < 1.29 is 14.6 Å². The number of aliphatic hydroxyl groups is 1. The second-order valence-electron chi connectivity index (χ2n) is 6.86. The molecule has 0 aromatic heterocycles. The Morgan fingerprint density at radius 3 is 2.40 bits per heavy atom. The molecule has 2 rings (SSSR count). The molecular formula is C16H23NO3. The van der Waals surface area contributed by atoms with Crippen molar-refractivity contribution in [3.63, 3.8) is 0 Å². The van der Waals surface area contributed by atoms with Crippen molar-refractivity contribution in [3.05, 3.63) is 29.8 Å². The Hall–Kier alpha value is -1.55. The summed E-state index contributed by atoms with van der Waals surface area (Å²) in [5, 5.41) is 10.3. The van der Waals surface area contributed by atoms with Crippen molar-refractivity contribution in [2.45, 2.75) is 51.7 Å². The number of carbonyl (C=O) groups excluding carboxylic acids is 1. The lowest BCUT2D eigenvalue weighted by atomic mass is 9.86. The number of rotatable bonds is 1. The van der Waals surface area contributed by atoms with Crippen LogP contribution in [0.5, 0.6) is 0 Å². The quantitative estimate of drug-likeness (QED) is 0.857. The molecule has 1 aromatic carbocycles. The van der Waals surface area contributed by atoms with Crippen LogP contribution in [0.2, 0.25) is 0 Å². The number of para-hydroxylation sites is 1. The first-order valence-electron chi connectivity index (χ1n) is 6.91. The van der Waals surface area contributed by atoms with Crippen molar-refractivity contribution in [2.75, 3.05) is 11.4 Å². The zero-order chi connectivity index (χ0) is 15.1. The molecule has 110 valence electrons. The molecule has 1 heterocycles. The Bertz CT molecular complexity index is 511. The molecule has 1 aliphatic rings. The lowest BCUT2D eigenvalue weighted by Crippen LogP contribution is -2.39. The maximum Gasteiger partial charge on any atom is 0.414 e. The minimum absolute atomic E-state index is 0.105. The van der Waals surface area contributed by atoms with E-state index in [2.05, 4.69) is 0 Å². The SMILES string of the molecule is CC(C)(C)OC(=O)N1CC(C(C)(C)O)c2ccccc21. The van der Waals surface area contributed by atoms with E-state index < -0.39 is 11.2 Å². The van der Waals surface area contributed by atoms with Crippen LogP contribution in [0.15, 0.2) is 24.3 Å². The van der Waals surface area contributed by atoms with Gasteiger partial charge in [0.05, 0.1) is 11.3 Å². The predicted octanol–water partition coefficient (Wildman–Crippen LogP) is 3.30. The molecule has 0 saturated carbocycles. The van der Waals surface area contributed by atoms with Gasteiger partial charge in [0.1, 0.15) is 5.60 Å². The van der Waals surface area contributed by atoms with Crippen LogP contribution < -0.4 is 4.90 Å². The van der Waals surface area contributed by atoms with E-state index in [0.717, 1.165) is 11.3 Å². The van der Waals surface area contributed by atoms with Gasteiger partial charge in [-0.15, -0.1) is 0 Å². The third-order valence-electron chi connectivity index (χ3n) is 3.43. The maximum atomic E-state index is 12.3. The fourth-order valence-electron chi connectivity index (χ4n) is 2.50. The summed E-state index contributed by atoms with van der Waals surface area (Å²) in [7, 11) is 0. The summed E-state index contributed by atoms with van der Waals surface area (Å²) in [6.07, 6.45) is -0.364. The summed E-state index contributed by atoms with van der Waals surface area (Å²) in [5.74, 6) is -0.105. The summed E-state index contributed by atoms with van der Waals surface area (Å²) >= 11 is 0. The van der Waals surface area contributed by atoms with Crippen molar-refractivity contribution in [3.8, 4) is 0 Å². The molecule has 4 heteroatoms. The molecule has 0 spiro atoms. The fraction of sp³-hybridized carbons (Fsp3) is 0.562. The smallest absolute Gasteiger partial charge is 0.414 e. The highest BCUT2D eigenvalue weighted by Crippen LogP contribution is 2.42. The average molecular weight is 277 g/mol. The van der Waals surface area contributed by atoms with E-state index in [1.165, 1.54) is 0 Å². The van der Waals surface area contributed by atoms with Gasteiger partial charge in [-0.2, -0.15) is 0 Å². The molecule has 1 unspecified atom stereocenters. The Morgan fingerprint density at radius 2 is 1.85 bits per heavy atom. The van der Waals surface area contributed by atoms with Gasteiger partial charge in [-0.3, -0.25) is 4.90 Å². The second-order valence-corrected chi connectivity index (χ2v) is 6.86. The highest BCUT2D eigenvalue weighted by atomic mass is 16.6. The minimum atomic E-state index is -0.882. The zero-order valence-electron chi connectivity index (χ0n) is 12.8. The number of ether oxygens (including phenoxy) is 1. The third kappa shape index (κ3) is 2.96. The van der Waals surface area contributed by atoms with E-state index >= 15 is 0 Å². The predicted molar refractivity (Wildman–Crippen MR) is 79.1 cm³/mol. The van der Waals surface area contributed by atoms with E-state index in [1.54, 1.807) is 18.7 Å². The first kappa shape index (κ1) is 14.9. The zero-order valence-corrected chi connectivity index (χ0v) is 12.8. The Kier molecular flexibility index (Phi) is 3.54. The van der Waals surface area contributed by atoms with Crippen LogP contribution in [0.25, 0.3) is 0 Å². The number of benzene rings is 1. The Labute approximate surface area is 120 Å². The van der Waals surface area contributed by atoms with Gasteiger partial charge in [0, 0.05) is 12.5 Å². The monoisotopic (exact) mass is 277 g/mol. The van der Waals surface area contributed by atoms with Crippen LogP contribution in [-0.4, -0.2) is 28.9 Å². The van der Waals surface area contributed by atoms with Crippen molar-refractivity contribution in [1.29, 1.82) is 0 Å². The molecule has 1 atom stereocenters. The summed E-state index contributed by atoms with van der Waals surface area (Å²) < 4.78 is 5.44. The van der Waals surface area contributed by atoms with E-state index in [4.69, 9.17) is 4.74 Å². The first-order valence-corrected chi connectivity index (χ1v) is 6.91. The van der Waals surface area contributed by atoms with Gasteiger partial charge in [0.25, 0.3) is 0 Å². The molecule has 20 heavy (non-hydrogen) atoms. The first-order chi connectivity index (χ1) is 9.09. The van der Waals surface area contributed by atoms with Crippen LogP contribution in [0, 0.1) is 0 Å². The lowest BCUT2D eigenvalue weighted by molar-refractivity contribution is 0.0483. The normalized spacial score (nSPS) is 18.9. The van der Waals surface area contributed by atoms with Gasteiger partial charge in [0.2, 0.25) is 0 Å². The highest BCUT2D eigenvalue weighted by Gasteiger charge is 2.41. The van der Waals surface area contributed by atoms with E-state index in [1.807, 2.05) is 45.0 Å². The van der Waals surface area contributed by atoms with E-state index in [0.29, 0.717) is 6.54 Å². The van der Waals surface area contributed by atoms with Gasteiger partial charge in [0.15, 0.2) is 0 Å². The topological polar surface area (TPSA) is 49.8 Å². The van der Waals surface area contributed by atoms with Gasteiger partial charge in [-0.1, -0.05) is 18.2 Å². The molecule has 1 aromatic rings. The van der Waals surface area contributed by atoms with Gasteiger partial charge in [-0.05, 0) is 46.2 Å². The van der Waals surface area contributed by atoms with Crippen molar-refractivity contribution >= 4 is 11.8 Å². The largest absolute Gasteiger partial charge is 0.443 e. The molecule has 0 fully saturated rings. The maximum absolute atomic E-state index is 12.3. The average Bonchev–Trinajstić information content (AvgIpc) is 2.65. The Balaban J connectivity index is 2.32. The molecule has 1 amide bonds. The standard InChI is InChI=1S/C16H23NO3/c1-15(2,3)20-14(18)17-10-12(16(4,5)19)11-8-6-7-9-13(11)17/h6-9,12,19H,10H2,1-5H3. The summed E-state index contributed by atoms with van der Waals surface area (Å²) in [4.78, 5) is 13.9. The molecule has 1 N–H and O–H groups in total. The van der Waals surface area contributed by atoms with Crippen LogP contribution in [-0.2, 0) is 4.74 Å². The molecule has 0 saturated heterocycles. The second kappa shape index (κ2) is 4.77. The number of amides is 1. The minimum Gasteiger partial charge on any atom is -0.443 e. The molecule has 0 bridgehead atoms. The molecular weight excluding hydrogens is 254 g/mol. The molecule has 4 nitrogen and oxygen atoms in total. The number of carbonyl (C=O) groups is 1. The van der Waals surface area contributed by atoms with Crippen LogP contribution >= 0.6 is 0 Å². The molecule has 1 aliphatic heterocycles. The lowest BCUT2D eigenvalue weighted by Gasteiger charge is -2.27. The van der Waals surface area contributed by atoms with E-state index in [-0.39, 0.29) is 12.0 Å². The summed E-state index contributed by atoms with van der Waals surface area (Å²) in [6.45, 7) is 9.53. The van der Waals surface area contributed by atoms with Crippen molar-refractivity contribution in [2.24, 2.45) is 0 Å². The van der Waals surface area contributed by atoms with Crippen LogP contribution in [0.1, 0.15) is 46.1 Å². The van der Waals surface area contributed by atoms with E-state index in [9.17, 15) is 9.90 Å². The number of hydrogen-bond donors (Lipinski definition) is 1. The van der Waals surface area contributed by atoms with Gasteiger partial charge >= 0.3 is 6.09 Å². The summed E-state index contributed by atoms with van der Waals surface area (Å²) in [5.41, 5.74) is 0.408. The summed E-state index contributed by atoms with van der Waals surface area (Å²) in [6, 6.07) is 7.67. The highest BCUT2D eigenvalue weighted by molar-refractivity contribution is 5.91. The number of nitrogens with zero attached hydrogens (tertiary/aromatic N) is 1. The van der Waals surface area contributed by atoms with Crippen LogP contribution in [0.3, 0.4) is 0 Å². The number of fused-ring (bicyclic) bond motifs is 1. The van der Waals surface area contributed by atoms with Gasteiger partial charge in [-0.25, -0.2) is 4.79 Å². The fourth-order valence-corrected chi connectivity index (χ4v) is 2.50. The number of anilines is 1. The molecule has 0 aliphatic carbocycles. The molecule has 0 radical (unpaired) electrons. The van der Waals surface area contributed by atoms with Gasteiger partial charge < -0.3 is 9.84 Å². The van der Waals surface area contributed by atoms with Crippen molar-refractivity contribution in [1.82, 2.24) is 0 Å². The number of hydrogen-bond acceptors (Lipinski definition) is 3. The van der Waals surface area contributed by atoms with Crippen LogP contribution in [0.4, 0.5) is 10.5 Å².